The summed E-state index contributed by atoms with van der Waals surface area (Å²) in [7, 11) is 0. The van der Waals surface area contributed by atoms with E-state index in [-0.39, 0.29) is 31.0 Å². The number of nitrogens with one attached hydrogen (secondary N) is 1. The number of aliphatic carboxylic acids is 1. The highest BCUT2D eigenvalue weighted by molar-refractivity contribution is 5.87. The Morgan fingerprint density at radius 1 is 0.931 bits per heavy atom. The molecule has 0 aliphatic rings. The number of carbonyl (C=O) groups is 3. The minimum Gasteiger partial charge on any atom is -0.480 e. The Morgan fingerprint density at radius 3 is 1.93 bits per heavy atom. The Kier molecular flexibility index (Phi) is 7.32. The number of hydrogen-bond donors (Lipinski definition) is 2. The lowest BCUT2D eigenvalue weighted by atomic mass is 9.87. The molecule has 0 radical (unpaired) electrons. The van der Waals surface area contributed by atoms with Crippen LogP contribution in [0, 0.1) is 12.3 Å². The zero-order valence-electron chi connectivity index (χ0n) is 17.5. The van der Waals surface area contributed by atoms with Gasteiger partial charge in [-0.1, -0.05) is 74.9 Å². The Morgan fingerprint density at radius 2 is 1.45 bits per heavy atom. The zero-order valence-corrected chi connectivity index (χ0v) is 17.5. The molecule has 1 amide bonds. The van der Waals surface area contributed by atoms with E-state index in [0.717, 1.165) is 16.7 Å². The van der Waals surface area contributed by atoms with E-state index in [4.69, 9.17) is 0 Å². The molecule has 2 N–H and O–H groups in total. The number of carboxylic acid groups (broad SMARTS) is 1. The average Bonchev–Trinajstić information content (AvgIpc) is 2.65. The first kappa shape index (κ1) is 22.3. The van der Waals surface area contributed by atoms with Gasteiger partial charge in [-0.15, -0.1) is 0 Å². The second kappa shape index (κ2) is 9.50. The van der Waals surface area contributed by atoms with Crippen molar-refractivity contribution >= 4 is 17.7 Å². The summed E-state index contributed by atoms with van der Waals surface area (Å²) in [5, 5.41) is 11.9. The first-order chi connectivity index (χ1) is 13.6. The van der Waals surface area contributed by atoms with Gasteiger partial charge in [-0.2, -0.15) is 0 Å². The van der Waals surface area contributed by atoms with Gasteiger partial charge >= 0.3 is 5.97 Å². The number of carbonyl (C=O) groups excluding carboxylic acids is 2. The average molecular weight is 395 g/mol. The number of amides is 1. The van der Waals surface area contributed by atoms with E-state index in [1.54, 1.807) is 20.8 Å². The molecule has 0 saturated carbocycles. The van der Waals surface area contributed by atoms with Crippen LogP contribution in [-0.2, 0) is 20.8 Å². The van der Waals surface area contributed by atoms with Crippen LogP contribution in [0.2, 0.25) is 0 Å². The predicted octanol–water partition coefficient (Wildman–Crippen LogP) is 4.17. The predicted molar refractivity (Wildman–Crippen MR) is 114 cm³/mol. The third kappa shape index (κ3) is 6.86. The van der Waals surface area contributed by atoms with Crippen molar-refractivity contribution in [3.63, 3.8) is 0 Å². The fourth-order valence-electron chi connectivity index (χ4n) is 2.90. The third-order valence-corrected chi connectivity index (χ3v) is 4.83. The van der Waals surface area contributed by atoms with Gasteiger partial charge in [0.2, 0.25) is 5.91 Å². The summed E-state index contributed by atoms with van der Waals surface area (Å²) in [5.41, 5.74) is 3.62. The van der Waals surface area contributed by atoms with Crippen LogP contribution in [0.4, 0.5) is 0 Å². The van der Waals surface area contributed by atoms with E-state index in [1.165, 1.54) is 5.56 Å². The minimum absolute atomic E-state index is 0.0234. The maximum absolute atomic E-state index is 12.3. The molecule has 1 atom stereocenters. The Hall–Kier alpha value is -2.95. The lowest BCUT2D eigenvalue weighted by Gasteiger charge is -2.19. The largest absolute Gasteiger partial charge is 0.480 e. The number of ketones is 1. The van der Waals surface area contributed by atoms with Crippen LogP contribution >= 0.6 is 0 Å². The number of hydrogen-bond acceptors (Lipinski definition) is 3. The van der Waals surface area contributed by atoms with Crippen molar-refractivity contribution in [1.82, 2.24) is 5.32 Å². The quantitative estimate of drug-likeness (QED) is 0.703. The lowest BCUT2D eigenvalue weighted by Crippen LogP contribution is -2.42. The Labute approximate surface area is 172 Å². The summed E-state index contributed by atoms with van der Waals surface area (Å²) < 4.78 is 0. The van der Waals surface area contributed by atoms with Crippen LogP contribution in [0.1, 0.15) is 44.7 Å². The third-order valence-electron chi connectivity index (χ3n) is 4.83. The van der Waals surface area contributed by atoms with Crippen molar-refractivity contribution in [1.29, 1.82) is 0 Å². The molecular formula is C24H29NO4. The standard InChI is InChI=1S/C24H29NO4/c1-16-5-9-18(10-6-16)19-11-7-17(8-12-19)15-22(27)25-20(23(28)29)13-14-21(26)24(2,3)4/h5-12,20H,13-15H2,1-4H3,(H,25,27)(H,28,29)/t20-/m0/s1. The summed E-state index contributed by atoms with van der Waals surface area (Å²) in [6.07, 6.45) is 0.292. The highest BCUT2D eigenvalue weighted by atomic mass is 16.4. The van der Waals surface area contributed by atoms with Gasteiger partial charge in [0, 0.05) is 11.8 Å². The molecule has 0 aromatic heterocycles. The molecule has 154 valence electrons. The molecule has 0 spiro atoms. The molecule has 0 bridgehead atoms. The van der Waals surface area contributed by atoms with E-state index in [1.807, 2.05) is 55.5 Å². The Balaban J connectivity index is 1.94. The number of rotatable bonds is 8. The summed E-state index contributed by atoms with van der Waals surface area (Å²) in [4.78, 5) is 35.8. The van der Waals surface area contributed by atoms with Gasteiger partial charge in [-0.05, 0) is 30.0 Å². The first-order valence-corrected chi connectivity index (χ1v) is 9.77. The SMILES string of the molecule is Cc1ccc(-c2ccc(CC(=O)N[C@@H](CCC(=O)C(C)(C)C)C(=O)O)cc2)cc1. The van der Waals surface area contributed by atoms with Crippen molar-refractivity contribution in [2.45, 2.75) is 53.0 Å². The van der Waals surface area contributed by atoms with Gasteiger partial charge in [0.05, 0.1) is 6.42 Å². The molecular weight excluding hydrogens is 366 g/mol. The highest BCUT2D eigenvalue weighted by Crippen LogP contribution is 2.21. The number of carboxylic acids is 1. The summed E-state index contributed by atoms with van der Waals surface area (Å²) in [6, 6.07) is 14.8. The van der Waals surface area contributed by atoms with E-state index < -0.39 is 17.4 Å². The van der Waals surface area contributed by atoms with Gasteiger partial charge < -0.3 is 10.4 Å². The molecule has 0 saturated heterocycles. The van der Waals surface area contributed by atoms with Gasteiger partial charge in [0.1, 0.15) is 11.8 Å². The molecule has 29 heavy (non-hydrogen) atoms. The normalized spacial score (nSPS) is 12.3. The molecule has 0 heterocycles. The molecule has 0 unspecified atom stereocenters. The molecule has 0 aliphatic heterocycles. The molecule has 0 fully saturated rings. The van der Waals surface area contributed by atoms with Crippen LogP contribution in [-0.4, -0.2) is 28.8 Å². The molecule has 2 aromatic carbocycles. The zero-order chi connectivity index (χ0) is 21.6. The number of Topliss-reactive ketones (excluding diaryl/α,β-unsaturated/α-hetero) is 1. The van der Waals surface area contributed by atoms with Gasteiger partial charge in [0.15, 0.2) is 0 Å². The van der Waals surface area contributed by atoms with Crippen molar-refractivity contribution in [3.05, 3.63) is 59.7 Å². The molecule has 2 rings (SSSR count). The maximum Gasteiger partial charge on any atom is 0.326 e. The first-order valence-electron chi connectivity index (χ1n) is 9.77. The fraction of sp³-hybridized carbons (Fsp3) is 0.375. The summed E-state index contributed by atoms with van der Waals surface area (Å²) >= 11 is 0. The van der Waals surface area contributed by atoms with Crippen molar-refractivity contribution in [3.8, 4) is 11.1 Å². The lowest BCUT2D eigenvalue weighted by molar-refractivity contribution is -0.142. The van der Waals surface area contributed by atoms with Crippen molar-refractivity contribution in [2.75, 3.05) is 0 Å². The Bertz CT molecular complexity index is 861. The van der Waals surface area contributed by atoms with Gasteiger partial charge in [-0.25, -0.2) is 4.79 Å². The van der Waals surface area contributed by atoms with Gasteiger partial charge in [-0.3, -0.25) is 9.59 Å². The number of benzene rings is 2. The van der Waals surface area contributed by atoms with Crippen LogP contribution in [0.3, 0.4) is 0 Å². The summed E-state index contributed by atoms with van der Waals surface area (Å²) in [5.74, 6) is -1.52. The van der Waals surface area contributed by atoms with E-state index in [2.05, 4.69) is 5.32 Å². The fourth-order valence-corrected chi connectivity index (χ4v) is 2.90. The topological polar surface area (TPSA) is 83.5 Å². The minimum atomic E-state index is -1.13. The van der Waals surface area contributed by atoms with Crippen molar-refractivity contribution in [2.24, 2.45) is 5.41 Å². The number of aryl methyl sites for hydroxylation is 1. The monoisotopic (exact) mass is 395 g/mol. The van der Waals surface area contributed by atoms with Crippen molar-refractivity contribution < 1.29 is 19.5 Å². The molecule has 5 heteroatoms. The van der Waals surface area contributed by atoms with Crippen LogP contribution < -0.4 is 5.32 Å². The molecule has 2 aromatic rings. The second-order valence-corrected chi connectivity index (χ2v) is 8.41. The summed E-state index contributed by atoms with van der Waals surface area (Å²) in [6.45, 7) is 7.42. The maximum atomic E-state index is 12.3. The molecule has 5 nitrogen and oxygen atoms in total. The van der Waals surface area contributed by atoms with E-state index in [0.29, 0.717) is 0 Å². The van der Waals surface area contributed by atoms with Gasteiger partial charge in [0.25, 0.3) is 0 Å². The van der Waals surface area contributed by atoms with Crippen LogP contribution in [0.15, 0.2) is 48.5 Å². The van der Waals surface area contributed by atoms with E-state index >= 15 is 0 Å². The van der Waals surface area contributed by atoms with E-state index in [9.17, 15) is 19.5 Å². The van der Waals surface area contributed by atoms with Crippen LogP contribution in [0.5, 0.6) is 0 Å². The highest BCUT2D eigenvalue weighted by Gasteiger charge is 2.25. The molecule has 0 aliphatic carbocycles. The van der Waals surface area contributed by atoms with Crippen LogP contribution in [0.25, 0.3) is 11.1 Å². The smallest absolute Gasteiger partial charge is 0.326 e. The second-order valence-electron chi connectivity index (χ2n) is 8.41.